The number of aromatic nitrogens is 1. The summed E-state index contributed by atoms with van der Waals surface area (Å²) in [6, 6.07) is 6.44. The van der Waals surface area contributed by atoms with Crippen molar-refractivity contribution in [1.29, 1.82) is 0 Å². The number of hydrogen-bond donors (Lipinski definition) is 3. The number of nitrogens with zero attached hydrogens (tertiary/aromatic N) is 5. The molecule has 0 aliphatic carbocycles. The third kappa shape index (κ3) is 11.5. The first-order valence-corrected chi connectivity index (χ1v) is 20.8. The minimum Gasteiger partial charge on any atom is -0.444 e. The van der Waals surface area contributed by atoms with E-state index in [2.05, 4.69) is 20.5 Å². The van der Waals surface area contributed by atoms with Gasteiger partial charge >= 0.3 is 6.09 Å². The van der Waals surface area contributed by atoms with Gasteiger partial charge in [0, 0.05) is 77.7 Å². The van der Waals surface area contributed by atoms with Crippen LogP contribution in [0.3, 0.4) is 0 Å². The Morgan fingerprint density at radius 3 is 2.18 bits per heavy atom. The van der Waals surface area contributed by atoms with E-state index in [1.807, 2.05) is 83.1 Å². The second-order valence-electron chi connectivity index (χ2n) is 17.4. The van der Waals surface area contributed by atoms with Gasteiger partial charge in [0.2, 0.25) is 23.6 Å². The van der Waals surface area contributed by atoms with Crippen LogP contribution in [0.1, 0.15) is 91.3 Å². The van der Waals surface area contributed by atoms with E-state index in [4.69, 9.17) is 4.74 Å². The van der Waals surface area contributed by atoms with E-state index in [1.54, 1.807) is 16.2 Å². The summed E-state index contributed by atoms with van der Waals surface area (Å²) in [4.78, 5) is 79.0. The number of carbonyl (C=O) groups excluding carboxylic acids is 5. The SMILES string of the molecule is Cc1ncsc1-c1ccc(CNC(=O)C2C[C@@H](O)CN2C(=O)C(NC(=O)CCCC(=O)N2CCN(C3CCN(C(=O)OC(C)(C)C)CC3)CC2)C(C)(C)C)cc1. The van der Waals surface area contributed by atoms with Crippen LogP contribution in [0.15, 0.2) is 29.8 Å². The molecule has 1 aromatic heterocycles. The molecule has 14 nitrogen and oxygen atoms in total. The summed E-state index contributed by atoms with van der Waals surface area (Å²) in [5, 5.41) is 16.4. The molecule has 56 heavy (non-hydrogen) atoms. The number of ether oxygens (including phenoxy) is 1. The molecule has 2 aromatic rings. The zero-order valence-corrected chi connectivity index (χ0v) is 35.0. The number of amides is 5. The predicted molar refractivity (Wildman–Crippen MR) is 214 cm³/mol. The Labute approximate surface area is 335 Å². The van der Waals surface area contributed by atoms with Gasteiger partial charge in [-0.3, -0.25) is 24.1 Å². The predicted octanol–water partition coefficient (Wildman–Crippen LogP) is 3.94. The number of benzene rings is 1. The first-order chi connectivity index (χ1) is 26.4. The van der Waals surface area contributed by atoms with Crippen molar-refractivity contribution in [3.8, 4) is 10.4 Å². The number of piperidine rings is 1. The molecule has 3 N–H and O–H groups in total. The van der Waals surface area contributed by atoms with Gasteiger partial charge in [0.05, 0.1) is 22.2 Å². The summed E-state index contributed by atoms with van der Waals surface area (Å²) >= 11 is 1.57. The van der Waals surface area contributed by atoms with Gasteiger partial charge in [0.1, 0.15) is 17.7 Å². The van der Waals surface area contributed by atoms with Crippen molar-refractivity contribution in [2.24, 2.45) is 5.41 Å². The monoisotopic (exact) mass is 795 g/mol. The number of nitrogens with one attached hydrogen (secondary N) is 2. The van der Waals surface area contributed by atoms with Crippen molar-refractivity contribution in [2.75, 3.05) is 45.8 Å². The Balaban J connectivity index is 1.05. The van der Waals surface area contributed by atoms with E-state index in [1.165, 1.54) is 4.90 Å². The van der Waals surface area contributed by atoms with Crippen molar-refractivity contribution in [2.45, 2.75) is 123 Å². The maximum Gasteiger partial charge on any atom is 0.410 e. The number of rotatable bonds is 11. The van der Waals surface area contributed by atoms with Gasteiger partial charge in [0.15, 0.2) is 0 Å². The van der Waals surface area contributed by atoms with Crippen LogP contribution in [-0.4, -0.2) is 135 Å². The van der Waals surface area contributed by atoms with E-state index >= 15 is 0 Å². The molecule has 3 saturated heterocycles. The van der Waals surface area contributed by atoms with Gasteiger partial charge < -0.3 is 35.2 Å². The summed E-state index contributed by atoms with van der Waals surface area (Å²) in [5.41, 5.74) is 3.54. The Morgan fingerprint density at radius 1 is 0.929 bits per heavy atom. The van der Waals surface area contributed by atoms with E-state index in [-0.39, 0.29) is 56.2 Å². The standard InChI is InChI=1S/C41H61N7O7S/c1-27-35(56-26-43-27)29-13-11-28(12-14-29)24-42-37(52)32-23-31(49)25-48(32)38(53)36(40(2,3)4)44-33(50)9-8-10-34(51)46-21-19-45(20-22-46)30-15-17-47(18-16-30)39(54)55-41(5,6)7/h11-14,26,30-32,36,49H,8-10,15-25H2,1-7H3,(H,42,52)(H,44,50)/t31-,32?,36?/m1/s1. The topological polar surface area (TPSA) is 165 Å². The summed E-state index contributed by atoms with van der Waals surface area (Å²) in [6.07, 6.45) is 1.37. The lowest BCUT2D eigenvalue weighted by Gasteiger charge is -2.42. The molecule has 0 radical (unpaired) electrons. The molecule has 15 heteroatoms. The summed E-state index contributed by atoms with van der Waals surface area (Å²) in [5.74, 6) is -1.12. The maximum atomic E-state index is 14.0. The minimum absolute atomic E-state index is 0.00466. The van der Waals surface area contributed by atoms with Gasteiger partial charge in [-0.1, -0.05) is 45.0 Å². The fourth-order valence-electron chi connectivity index (χ4n) is 7.65. The summed E-state index contributed by atoms with van der Waals surface area (Å²) < 4.78 is 5.52. The Kier molecular flexibility index (Phi) is 14.2. The normalized spacial score (nSPS) is 20.5. The number of aliphatic hydroxyl groups is 1. The van der Waals surface area contributed by atoms with Crippen LogP contribution in [-0.2, 0) is 30.5 Å². The van der Waals surface area contributed by atoms with E-state index in [0.29, 0.717) is 38.6 Å². The van der Waals surface area contributed by atoms with Crippen molar-refractivity contribution in [3.63, 3.8) is 0 Å². The van der Waals surface area contributed by atoms with E-state index in [0.717, 1.165) is 47.6 Å². The van der Waals surface area contributed by atoms with Gasteiger partial charge in [-0.15, -0.1) is 11.3 Å². The largest absolute Gasteiger partial charge is 0.444 e. The van der Waals surface area contributed by atoms with Gasteiger partial charge in [-0.2, -0.15) is 0 Å². The van der Waals surface area contributed by atoms with Crippen molar-refractivity contribution in [3.05, 3.63) is 41.0 Å². The van der Waals surface area contributed by atoms with Gasteiger partial charge in [-0.05, 0) is 63.5 Å². The number of likely N-dealkylation sites (tertiary alicyclic amines) is 2. The fourth-order valence-corrected chi connectivity index (χ4v) is 8.46. The zero-order valence-electron chi connectivity index (χ0n) is 34.1. The number of aliphatic hydroxyl groups excluding tert-OH is 1. The zero-order chi connectivity index (χ0) is 40.8. The first-order valence-electron chi connectivity index (χ1n) is 19.9. The third-order valence-corrected chi connectivity index (χ3v) is 11.8. The highest BCUT2D eigenvalue weighted by Gasteiger charge is 2.44. The number of piperazine rings is 1. The molecular weight excluding hydrogens is 735 g/mol. The Hall–Kier alpha value is -4.08. The van der Waals surface area contributed by atoms with Crippen LogP contribution in [0.2, 0.25) is 0 Å². The highest BCUT2D eigenvalue weighted by atomic mass is 32.1. The molecule has 0 saturated carbocycles. The molecule has 0 spiro atoms. The smallest absolute Gasteiger partial charge is 0.410 e. The molecule has 2 unspecified atom stereocenters. The van der Waals surface area contributed by atoms with Crippen LogP contribution in [0.4, 0.5) is 4.79 Å². The quantitative estimate of drug-likeness (QED) is 0.306. The number of hydrogen-bond acceptors (Lipinski definition) is 10. The third-order valence-electron chi connectivity index (χ3n) is 10.8. The second-order valence-corrected chi connectivity index (χ2v) is 18.3. The molecule has 308 valence electrons. The minimum atomic E-state index is -0.932. The lowest BCUT2D eigenvalue weighted by molar-refractivity contribution is -0.144. The van der Waals surface area contributed by atoms with Gasteiger partial charge in [-0.25, -0.2) is 9.78 Å². The molecular formula is C41H61N7O7S. The summed E-state index contributed by atoms with van der Waals surface area (Å²) in [7, 11) is 0. The second kappa shape index (κ2) is 18.5. The number of carbonyl (C=O) groups is 5. The Morgan fingerprint density at radius 2 is 1.59 bits per heavy atom. The Bertz CT molecular complexity index is 1690. The first kappa shape index (κ1) is 43.1. The van der Waals surface area contributed by atoms with Crippen LogP contribution in [0, 0.1) is 12.3 Å². The van der Waals surface area contributed by atoms with Crippen LogP contribution in [0.25, 0.3) is 10.4 Å². The average Bonchev–Trinajstić information content (AvgIpc) is 3.76. The van der Waals surface area contributed by atoms with E-state index in [9.17, 15) is 29.1 Å². The highest BCUT2D eigenvalue weighted by Crippen LogP contribution is 2.29. The molecule has 3 atom stereocenters. The molecule has 1 aromatic carbocycles. The number of aryl methyl sites for hydroxylation is 1. The number of β-amino-alcohol motifs (C(OH)–C–C–N with tert-alkyl or cyclic N) is 1. The lowest BCUT2D eigenvalue weighted by atomic mass is 9.85. The maximum absolute atomic E-state index is 14.0. The van der Waals surface area contributed by atoms with E-state index < -0.39 is 35.1 Å². The molecule has 5 amide bonds. The van der Waals surface area contributed by atoms with Crippen molar-refractivity contribution < 1.29 is 33.8 Å². The van der Waals surface area contributed by atoms with Crippen LogP contribution >= 0.6 is 11.3 Å². The average molecular weight is 796 g/mol. The lowest BCUT2D eigenvalue weighted by Crippen LogP contribution is -2.57. The highest BCUT2D eigenvalue weighted by molar-refractivity contribution is 7.13. The molecule has 4 heterocycles. The van der Waals surface area contributed by atoms with Crippen LogP contribution < -0.4 is 10.6 Å². The van der Waals surface area contributed by atoms with Gasteiger partial charge in [0.25, 0.3) is 0 Å². The molecule has 3 aliphatic heterocycles. The van der Waals surface area contributed by atoms with Crippen molar-refractivity contribution in [1.82, 2.24) is 35.2 Å². The summed E-state index contributed by atoms with van der Waals surface area (Å²) in [6.45, 7) is 17.5. The molecule has 0 bridgehead atoms. The number of thiazole rings is 1. The fraction of sp³-hybridized carbons (Fsp3) is 0.659. The van der Waals surface area contributed by atoms with Crippen molar-refractivity contribution >= 4 is 41.1 Å². The molecule has 5 rings (SSSR count). The van der Waals surface area contributed by atoms with Crippen LogP contribution in [0.5, 0.6) is 0 Å². The molecule has 3 aliphatic rings. The molecule has 3 fully saturated rings.